The molecule has 3 aromatic rings. The standard InChI is InChI=1S/C25H24N4O7/c1-34-8-7-26-21(30)15-4-3-14-10-20(36-19(14)9-15)25(23(32)27-24(33)28-25)13-29-12-16-5-6-17(35-2)11-18(16)22(29)31/h3-6,9-11H,7-8,12-13H2,1-2H3,(H,26,30)(H2,27,28,32,33)/t25-/m0/s1. The van der Waals surface area contributed by atoms with E-state index in [0.717, 1.165) is 5.56 Å². The smallest absolute Gasteiger partial charge is 0.322 e. The average Bonchev–Trinajstić information content (AvgIpc) is 3.52. The first-order valence-electron chi connectivity index (χ1n) is 11.3. The van der Waals surface area contributed by atoms with Crippen LogP contribution in [0.25, 0.3) is 11.0 Å². The minimum Gasteiger partial charge on any atom is -0.497 e. The van der Waals surface area contributed by atoms with E-state index in [2.05, 4.69) is 16.0 Å². The fourth-order valence-corrected chi connectivity index (χ4v) is 4.49. The first kappa shape index (κ1) is 23.4. The summed E-state index contributed by atoms with van der Waals surface area (Å²) in [6.45, 7) is 0.839. The summed E-state index contributed by atoms with van der Waals surface area (Å²) in [4.78, 5) is 52.4. The summed E-state index contributed by atoms with van der Waals surface area (Å²) in [7, 11) is 3.06. The minimum absolute atomic E-state index is 0.148. The van der Waals surface area contributed by atoms with Crippen LogP contribution in [0.4, 0.5) is 4.79 Å². The molecule has 2 aromatic carbocycles. The Morgan fingerprint density at radius 3 is 2.69 bits per heavy atom. The van der Waals surface area contributed by atoms with E-state index in [1.807, 2.05) is 0 Å². The van der Waals surface area contributed by atoms with E-state index in [1.165, 1.54) is 12.0 Å². The van der Waals surface area contributed by atoms with E-state index in [9.17, 15) is 19.2 Å². The van der Waals surface area contributed by atoms with Crippen molar-refractivity contribution in [2.24, 2.45) is 0 Å². The molecule has 1 fully saturated rings. The molecule has 0 aliphatic carbocycles. The first-order valence-corrected chi connectivity index (χ1v) is 11.3. The maximum atomic E-state index is 13.2. The van der Waals surface area contributed by atoms with Crippen LogP contribution in [0.1, 0.15) is 32.0 Å². The highest BCUT2D eigenvalue weighted by molar-refractivity contribution is 6.08. The summed E-state index contributed by atoms with van der Waals surface area (Å²) < 4.78 is 16.2. The van der Waals surface area contributed by atoms with Crippen molar-refractivity contribution in [2.75, 3.05) is 33.9 Å². The Morgan fingerprint density at radius 2 is 1.97 bits per heavy atom. The third-order valence-electron chi connectivity index (χ3n) is 6.36. The lowest BCUT2D eigenvalue weighted by molar-refractivity contribution is -0.125. The van der Waals surface area contributed by atoms with Gasteiger partial charge in [0, 0.05) is 36.7 Å². The number of furan rings is 1. The number of amides is 5. The summed E-state index contributed by atoms with van der Waals surface area (Å²) in [6.07, 6.45) is 0. The second-order valence-corrected chi connectivity index (χ2v) is 8.61. The number of imide groups is 1. The van der Waals surface area contributed by atoms with Gasteiger partial charge in [-0.1, -0.05) is 12.1 Å². The average molecular weight is 492 g/mol. The third-order valence-corrected chi connectivity index (χ3v) is 6.36. The molecule has 0 saturated carbocycles. The molecular weight excluding hydrogens is 468 g/mol. The lowest BCUT2D eigenvalue weighted by atomic mass is 9.95. The summed E-state index contributed by atoms with van der Waals surface area (Å²) in [5.41, 5.74) is 0.349. The van der Waals surface area contributed by atoms with Crippen molar-refractivity contribution in [1.29, 1.82) is 0 Å². The molecule has 3 heterocycles. The molecule has 0 bridgehead atoms. The molecule has 2 aliphatic rings. The fourth-order valence-electron chi connectivity index (χ4n) is 4.49. The molecule has 5 amide bonds. The molecule has 11 nitrogen and oxygen atoms in total. The predicted octanol–water partition coefficient (Wildman–Crippen LogP) is 1.51. The van der Waals surface area contributed by atoms with Crippen molar-refractivity contribution in [2.45, 2.75) is 12.1 Å². The van der Waals surface area contributed by atoms with Crippen molar-refractivity contribution in [3.8, 4) is 5.75 Å². The van der Waals surface area contributed by atoms with Gasteiger partial charge in [-0.25, -0.2) is 4.79 Å². The number of nitrogens with one attached hydrogen (secondary N) is 3. The van der Waals surface area contributed by atoms with Crippen LogP contribution in [0, 0.1) is 0 Å². The van der Waals surface area contributed by atoms with E-state index in [1.54, 1.807) is 49.6 Å². The molecular formula is C25H24N4O7. The number of methoxy groups -OCH3 is 2. The summed E-state index contributed by atoms with van der Waals surface area (Å²) >= 11 is 0. The number of benzene rings is 2. The number of nitrogens with zero attached hydrogens (tertiary/aromatic N) is 1. The Kier molecular flexibility index (Phi) is 5.84. The Balaban J connectivity index is 1.46. The summed E-state index contributed by atoms with van der Waals surface area (Å²) in [6, 6.07) is 11.0. The van der Waals surface area contributed by atoms with Crippen LogP contribution in [0.15, 0.2) is 46.9 Å². The quantitative estimate of drug-likeness (QED) is 0.320. The van der Waals surface area contributed by atoms with Gasteiger partial charge in [-0.2, -0.15) is 0 Å². The van der Waals surface area contributed by atoms with Gasteiger partial charge in [0.2, 0.25) is 0 Å². The predicted molar refractivity (Wildman–Crippen MR) is 127 cm³/mol. The lowest BCUT2D eigenvalue weighted by Crippen LogP contribution is -2.52. The third kappa shape index (κ3) is 3.93. The lowest BCUT2D eigenvalue weighted by Gasteiger charge is -2.29. The van der Waals surface area contributed by atoms with Crippen molar-refractivity contribution < 1.29 is 33.1 Å². The van der Waals surface area contributed by atoms with Gasteiger partial charge in [0.25, 0.3) is 17.7 Å². The van der Waals surface area contributed by atoms with Gasteiger partial charge in [0.05, 0.1) is 20.3 Å². The van der Waals surface area contributed by atoms with E-state index >= 15 is 0 Å². The maximum Gasteiger partial charge on any atom is 0.322 e. The zero-order valence-corrected chi connectivity index (χ0v) is 19.7. The zero-order chi connectivity index (χ0) is 25.4. The van der Waals surface area contributed by atoms with Gasteiger partial charge < -0.3 is 29.4 Å². The molecule has 186 valence electrons. The van der Waals surface area contributed by atoms with Crippen LogP contribution in [0.2, 0.25) is 0 Å². The maximum absolute atomic E-state index is 13.2. The summed E-state index contributed by atoms with van der Waals surface area (Å²) in [5.74, 6) is -0.526. The van der Waals surface area contributed by atoms with Gasteiger partial charge >= 0.3 is 6.03 Å². The van der Waals surface area contributed by atoms with Crippen LogP contribution < -0.4 is 20.7 Å². The van der Waals surface area contributed by atoms with Crippen LogP contribution in [-0.2, 0) is 21.6 Å². The van der Waals surface area contributed by atoms with Crippen molar-refractivity contribution in [3.63, 3.8) is 0 Å². The number of hydrogen-bond acceptors (Lipinski definition) is 7. The van der Waals surface area contributed by atoms with Gasteiger partial charge in [-0.15, -0.1) is 0 Å². The highest BCUT2D eigenvalue weighted by atomic mass is 16.5. The van der Waals surface area contributed by atoms with E-state index in [0.29, 0.717) is 41.0 Å². The normalized spacial score (nSPS) is 18.8. The first-order chi connectivity index (χ1) is 17.3. The van der Waals surface area contributed by atoms with Crippen LogP contribution in [0.3, 0.4) is 0 Å². The monoisotopic (exact) mass is 492 g/mol. The molecule has 36 heavy (non-hydrogen) atoms. The summed E-state index contributed by atoms with van der Waals surface area (Å²) in [5, 5.41) is 8.28. The Bertz CT molecular complexity index is 1400. The number of rotatable bonds is 8. The van der Waals surface area contributed by atoms with Crippen LogP contribution in [-0.4, -0.2) is 62.6 Å². The van der Waals surface area contributed by atoms with Crippen molar-refractivity contribution in [1.82, 2.24) is 20.9 Å². The molecule has 5 rings (SSSR count). The second-order valence-electron chi connectivity index (χ2n) is 8.61. The molecule has 3 N–H and O–H groups in total. The van der Waals surface area contributed by atoms with E-state index in [-0.39, 0.29) is 30.7 Å². The highest BCUT2D eigenvalue weighted by Crippen LogP contribution is 2.35. The number of hydrogen-bond donors (Lipinski definition) is 3. The van der Waals surface area contributed by atoms with Gasteiger partial charge in [-0.3, -0.25) is 19.7 Å². The fraction of sp³-hybridized carbons (Fsp3) is 0.280. The molecule has 0 unspecified atom stereocenters. The minimum atomic E-state index is -1.64. The van der Waals surface area contributed by atoms with Crippen LogP contribution >= 0.6 is 0 Å². The highest BCUT2D eigenvalue weighted by Gasteiger charge is 2.53. The molecule has 0 spiro atoms. The Hall–Kier alpha value is -4.38. The molecule has 2 aliphatic heterocycles. The second kappa shape index (κ2) is 9.00. The number of carbonyl (C=O) groups is 4. The SMILES string of the molecule is COCCNC(=O)c1ccc2cc([C@]3(CN4Cc5ccc(OC)cc5C4=O)NC(=O)NC3=O)oc2c1. The molecule has 11 heteroatoms. The molecule has 1 saturated heterocycles. The number of ether oxygens (including phenoxy) is 2. The van der Waals surface area contributed by atoms with Gasteiger partial charge in [-0.05, 0) is 35.9 Å². The number of carbonyl (C=O) groups excluding carboxylic acids is 4. The van der Waals surface area contributed by atoms with E-state index in [4.69, 9.17) is 13.9 Å². The van der Waals surface area contributed by atoms with Crippen molar-refractivity contribution >= 4 is 34.7 Å². The topological polar surface area (TPSA) is 139 Å². The zero-order valence-electron chi connectivity index (χ0n) is 19.7. The van der Waals surface area contributed by atoms with Gasteiger partial charge in [0.1, 0.15) is 17.1 Å². The number of urea groups is 1. The largest absolute Gasteiger partial charge is 0.497 e. The molecule has 1 atom stereocenters. The van der Waals surface area contributed by atoms with Crippen molar-refractivity contribution in [3.05, 3.63) is 64.9 Å². The Morgan fingerprint density at radius 1 is 1.14 bits per heavy atom. The van der Waals surface area contributed by atoms with Gasteiger partial charge in [0.15, 0.2) is 5.54 Å². The Labute approximate surface area is 205 Å². The van der Waals surface area contributed by atoms with E-state index < -0.39 is 17.5 Å². The number of fused-ring (bicyclic) bond motifs is 2. The van der Waals surface area contributed by atoms with Crippen LogP contribution in [0.5, 0.6) is 5.75 Å². The molecule has 0 radical (unpaired) electrons. The molecule has 1 aromatic heterocycles.